The van der Waals surface area contributed by atoms with Crippen LogP contribution in [0.15, 0.2) is 24.3 Å². The lowest BCUT2D eigenvalue weighted by Crippen LogP contribution is -2.50. The third-order valence-corrected chi connectivity index (χ3v) is 7.92. The topological polar surface area (TPSA) is 86.3 Å². The van der Waals surface area contributed by atoms with Gasteiger partial charge in [-0.2, -0.15) is 0 Å². The zero-order chi connectivity index (χ0) is 25.9. The van der Waals surface area contributed by atoms with E-state index in [2.05, 4.69) is 38.2 Å². The molecule has 1 saturated carbocycles. The van der Waals surface area contributed by atoms with Crippen LogP contribution in [0.2, 0.25) is 0 Å². The average Bonchev–Trinajstić information content (AvgIpc) is 3.34. The van der Waals surface area contributed by atoms with Crippen LogP contribution in [0.4, 0.5) is 5.69 Å². The number of aryl methyl sites for hydroxylation is 1. The SMILES string of the molecule is COc1c(C)c(C)cc(-c2ccc(NC3(C(=O)O)CCOCC3)cc2COC2CCC[C@H]2OC)c1C. The van der Waals surface area contributed by atoms with Gasteiger partial charge in [-0.15, -0.1) is 0 Å². The van der Waals surface area contributed by atoms with Crippen molar-refractivity contribution in [3.05, 3.63) is 46.5 Å². The highest BCUT2D eigenvalue weighted by Gasteiger charge is 2.40. The van der Waals surface area contributed by atoms with Crippen LogP contribution < -0.4 is 10.1 Å². The van der Waals surface area contributed by atoms with Crippen LogP contribution in [0.3, 0.4) is 0 Å². The maximum atomic E-state index is 12.2. The van der Waals surface area contributed by atoms with Crippen LogP contribution in [0.25, 0.3) is 11.1 Å². The first-order valence-electron chi connectivity index (χ1n) is 12.8. The Kier molecular flexibility index (Phi) is 8.23. The second kappa shape index (κ2) is 11.2. The summed E-state index contributed by atoms with van der Waals surface area (Å²) < 4.78 is 23.2. The van der Waals surface area contributed by atoms with Gasteiger partial charge in [0.1, 0.15) is 11.3 Å². The van der Waals surface area contributed by atoms with E-state index in [1.165, 1.54) is 0 Å². The number of anilines is 1. The maximum absolute atomic E-state index is 12.2. The van der Waals surface area contributed by atoms with Gasteiger partial charge < -0.3 is 29.4 Å². The van der Waals surface area contributed by atoms with Crippen LogP contribution in [0, 0.1) is 20.8 Å². The van der Waals surface area contributed by atoms with Gasteiger partial charge in [-0.3, -0.25) is 0 Å². The van der Waals surface area contributed by atoms with E-state index in [1.54, 1.807) is 14.2 Å². The molecule has 2 aliphatic rings. The van der Waals surface area contributed by atoms with Gasteiger partial charge in [-0.1, -0.05) is 12.1 Å². The Bertz CT molecular complexity index is 1090. The normalized spacial score (nSPS) is 21.4. The molecule has 2 aromatic carbocycles. The minimum Gasteiger partial charge on any atom is -0.496 e. The highest BCUT2D eigenvalue weighted by Crippen LogP contribution is 2.39. The van der Waals surface area contributed by atoms with E-state index in [9.17, 15) is 9.90 Å². The molecule has 2 aromatic rings. The zero-order valence-corrected chi connectivity index (χ0v) is 22.1. The van der Waals surface area contributed by atoms with Crippen molar-refractivity contribution >= 4 is 11.7 Å². The monoisotopic (exact) mass is 497 g/mol. The van der Waals surface area contributed by atoms with E-state index in [4.69, 9.17) is 18.9 Å². The molecule has 36 heavy (non-hydrogen) atoms. The fourth-order valence-electron chi connectivity index (χ4n) is 5.59. The van der Waals surface area contributed by atoms with Crippen molar-refractivity contribution in [1.29, 1.82) is 0 Å². The molecule has 0 amide bonds. The largest absolute Gasteiger partial charge is 0.496 e. The lowest BCUT2D eigenvalue weighted by Gasteiger charge is -2.35. The lowest BCUT2D eigenvalue weighted by molar-refractivity contribution is -0.145. The predicted octanol–water partition coefficient (Wildman–Crippen LogP) is 5.42. The summed E-state index contributed by atoms with van der Waals surface area (Å²) in [5, 5.41) is 13.4. The van der Waals surface area contributed by atoms with Crippen LogP contribution in [0.1, 0.15) is 54.4 Å². The van der Waals surface area contributed by atoms with Crippen molar-refractivity contribution in [3.63, 3.8) is 0 Å². The molecule has 196 valence electrons. The van der Waals surface area contributed by atoms with E-state index < -0.39 is 11.5 Å². The van der Waals surface area contributed by atoms with Gasteiger partial charge in [-0.25, -0.2) is 4.79 Å². The highest BCUT2D eigenvalue weighted by atomic mass is 16.5. The van der Waals surface area contributed by atoms with Crippen LogP contribution >= 0.6 is 0 Å². The molecule has 7 heteroatoms. The van der Waals surface area contributed by atoms with E-state index in [1.807, 2.05) is 12.1 Å². The number of nitrogens with one attached hydrogen (secondary N) is 1. The Balaban J connectivity index is 1.73. The molecule has 1 unspecified atom stereocenters. The summed E-state index contributed by atoms with van der Waals surface area (Å²) in [4.78, 5) is 12.2. The molecule has 1 heterocycles. The van der Waals surface area contributed by atoms with Crippen molar-refractivity contribution in [1.82, 2.24) is 0 Å². The average molecular weight is 498 g/mol. The summed E-state index contributed by atoms with van der Waals surface area (Å²) in [6, 6.07) is 8.26. The molecule has 1 aliphatic carbocycles. The quantitative estimate of drug-likeness (QED) is 0.479. The molecule has 4 rings (SSSR count). The van der Waals surface area contributed by atoms with E-state index in [-0.39, 0.29) is 12.2 Å². The minimum absolute atomic E-state index is 0.0516. The molecule has 0 radical (unpaired) electrons. The van der Waals surface area contributed by atoms with Gasteiger partial charge in [0.2, 0.25) is 0 Å². The first-order valence-corrected chi connectivity index (χ1v) is 12.8. The molecule has 2 fully saturated rings. The van der Waals surface area contributed by atoms with E-state index >= 15 is 0 Å². The number of methoxy groups -OCH3 is 2. The van der Waals surface area contributed by atoms with Crippen molar-refractivity contribution in [2.24, 2.45) is 0 Å². The Labute approximate surface area is 214 Å². The van der Waals surface area contributed by atoms with Crippen molar-refractivity contribution in [3.8, 4) is 16.9 Å². The molecular formula is C29H39NO6. The molecular weight excluding hydrogens is 458 g/mol. The fourth-order valence-corrected chi connectivity index (χ4v) is 5.59. The first-order chi connectivity index (χ1) is 17.3. The van der Waals surface area contributed by atoms with Crippen LogP contribution in [-0.2, 0) is 25.6 Å². The molecule has 0 aromatic heterocycles. The number of ether oxygens (including phenoxy) is 4. The summed E-state index contributed by atoms with van der Waals surface area (Å²) in [6.45, 7) is 7.51. The molecule has 7 nitrogen and oxygen atoms in total. The van der Waals surface area contributed by atoms with Gasteiger partial charge >= 0.3 is 5.97 Å². The van der Waals surface area contributed by atoms with Gasteiger partial charge in [0.15, 0.2) is 0 Å². The van der Waals surface area contributed by atoms with Crippen molar-refractivity contribution in [2.75, 3.05) is 32.8 Å². The third-order valence-electron chi connectivity index (χ3n) is 7.92. The fraction of sp³-hybridized carbons (Fsp3) is 0.552. The molecule has 2 atom stereocenters. The summed E-state index contributed by atoms with van der Waals surface area (Å²) in [7, 11) is 3.45. The molecule has 2 N–H and O–H groups in total. The smallest absolute Gasteiger partial charge is 0.329 e. The number of hydrogen-bond acceptors (Lipinski definition) is 6. The molecule has 0 bridgehead atoms. The number of hydrogen-bond donors (Lipinski definition) is 2. The second-order valence-electron chi connectivity index (χ2n) is 10.1. The number of carboxylic acids is 1. The highest BCUT2D eigenvalue weighted by molar-refractivity contribution is 5.84. The maximum Gasteiger partial charge on any atom is 0.329 e. The molecule has 1 saturated heterocycles. The van der Waals surface area contributed by atoms with Gasteiger partial charge in [0.25, 0.3) is 0 Å². The Morgan fingerprint density at radius 2 is 1.78 bits per heavy atom. The second-order valence-corrected chi connectivity index (χ2v) is 10.1. The van der Waals surface area contributed by atoms with Gasteiger partial charge in [-0.05, 0) is 85.5 Å². The zero-order valence-electron chi connectivity index (χ0n) is 22.1. The number of benzene rings is 2. The summed E-state index contributed by atoms with van der Waals surface area (Å²) in [5.74, 6) is 0.0395. The third kappa shape index (κ3) is 5.24. The molecule has 0 spiro atoms. The summed E-state index contributed by atoms with van der Waals surface area (Å²) in [6.07, 6.45) is 4.07. The van der Waals surface area contributed by atoms with Crippen LogP contribution in [-0.4, -0.2) is 56.3 Å². The van der Waals surface area contributed by atoms with Crippen LogP contribution in [0.5, 0.6) is 5.75 Å². The molecule has 1 aliphatic heterocycles. The van der Waals surface area contributed by atoms with Crippen molar-refractivity contribution in [2.45, 2.75) is 77.2 Å². The standard InChI is InChI=1S/C29H39NO6/c1-18-15-24(20(3)27(34-5)19(18)2)23-10-9-22(30-29(28(31)32)11-13-35-14-12-29)16-21(23)17-36-26-8-6-7-25(26)33-4/h9-10,15-16,25-26,30H,6-8,11-14,17H2,1-5H3,(H,31,32)/t25-,26?/m1/s1. The Morgan fingerprint density at radius 1 is 1.06 bits per heavy atom. The number of rotatable bonds is 9. The van der Waals surface area contributed by atoms with Gasteiger partial charge in [0, 0.05) is 38.9 Å². The van der Waals surface area contributed by atoms with Gasteiger partial charge in [0.05, 0.1) is 25.9 Å². The van der Waals surface area contributed by atoms with E-state index in [0.29, 0.717) is 32.7 Å². The lowest BCUT2D eigenvalue weighted by atomic mass is 9.88. The first kappa shape index (κ1) is 26.5. The minimum atomic E-state index is -1.04. The summed E-state index contributed by atoms with van der Waals surface area (Å²) >= 11 is 0. The predicted molar refractivity (Wildman–Crippen MR) is 140 cm³/mol. The summed E-state index contributed by atoms with van der Waals surface area (Å²) in [5.41, 5.74) is 6.24. The number of carboxylic acid groups (broad SMARTS) is 1. The Hall–Kier alpha value is -2.61. The number of aliphatic carboxylic acids is 1. The number of carbonyl (C=O) groups is 1. The van der Waals surface area contributed by atoms with E-state index in [0.717, 1.165) is 64.1 Å². The van der Waals surface area contributed by atoms with Crippen molar-refractivity contribution < 1.29 is 28.8 Å². The Morgan fingerprint density at radius 3 is 2.44 bits per heavy atom.